The Morgan fingerprint density at radius 3 is 2.90 bits per heavy atom. The van der Waals surface area contributed by atoms with Gasteiger partial charge in [0.2, 0.25) is 5.65 Å². The molecular weight excluding hydrogens is 272 g/mol. The van der Waals surface area contributed by atoms with Crippen LogP contribution >= 0.6 is 0 Å². The van der Waals surface area contributed by atoms with Gasteiger partial charge in [0.15, 0.2) is 5.52 Å². The lowest BCUT2D eigenvalue weighted by molar-refractivity contribution is -0.169. The lowest BCUT2D eigenvalue weighted by Gasteiger charge is -2.16. The molecule has 1 fully saturated rings. The van der Waals surface area contributed by atoms with Gasteiger partial charge in [0, 0.05) is 0 Å². The summed E-state index contributed by atoms with van der Waals surface area (Å²) in [4.78, 5) is 26.8. The van der Waals surface area contributed by atoms with Gasteiger partial charge in [0.25, 0.3) is 11.8 Å². The monoisotopic (exact) mass is 284 g/mol. The van der Waals surface area contributed by atoms with Crippen LogP contribution in [0.3, 0.4) is 0 Å². The van der Waals surface area contributed by atoms with Crippen LogP contribution in [0.1, 0.15) is 0 Å². The van der Waals surface area contributed by atoms with E-state index in [9.17, 15) is 15.0 Å². The minimum Gasteiger partial charge on any atom is -0.394 e. The van der Waals surface area contributed by atoms with Gasteiger partial charge in [-0.25, -0.2) is 9.97 Å². The number of ether oxygens (including phenoxy) is 1. The Morgan fingerprint density at radius 2 is 2.20 bits per heavy atom. The van der Waals surface area contributed by atoms with Crippen LogP contribution in [0.4, 0.5) is 0 Å². The third kappa shape index (κ3) is 1.94. The maximum Gasteiger partial charge on any atom is 0.279 e. The average Bonchev–Trinajstić information content (AvgIpc) is 2.97. The van der Waals surface area contributed by atoms with Crippen LogP contribution in [-0.2, 0) is 4.74 Å². The van der Waals surface area contributed by atoms with E-state index >= 15 is 0 Å². The van der Waals surface area contributed by atoms with E-state index in [0.717, 1.165) is 4.73 Å². The van der Waals surface area contributed by atoms with Gasteiger partial charge < -0.3 is 29.9 Å². The average molecular weight is 284 g/mol. The molecule has 2 aromatic rings. The maximum absolute atomic E-state index is 11.5. The van der Waals surface area contributed by atoms with Crippen LogP contribution in [-0.4, -0.2) is 66.2 Å². The van der Waals surface area contributed by atoms with Gasteiger partial charge in [0.1, 0.15) is 24.6 Å². The van der Waals surface area contributed by atoms with Gasteiger partial charge in [-0.1, -0.05) is 0 Å². The van der Waals surface area contributed by atoms with Crippen molar-refractivity contribution in [2.24, 2.45) is 0 Å². The van der Waals surface area contributed by atoms with E-state index in [2.05, 4.69) is 15.0 Å². The van der Waals surface area contributed by atoms with E-state index in [1.54, 1.807) is 0 Å². The second-order valence-electron chi connectivity index (χ2n) is 4.29. The Morgan fingerprint density at radius 1 is 1.40 bits per heavy atom. The molecule has 10 heteroatoms. The highest BCUT2D eigenvalue weighted by atomic mass is 16.8. The van der Waals surface area contributed by atoms with Gasteiger partial charge in [-0.2, -0.15) is 0 Å². The fraction of sp³-hybridized carbons (Fsp3) is 0.500. The van der Waals surface area contributed by atoms with Crippen LogP contribution in [0.15, 0.2) is 17.4 Å². The summed E-state index contributed by atoms with van der Waals surface area (Å²) in [5, 5.41) is 28.3. The zero-order chi connectivity index (χ0) is 14.3. The van der Waals surface area contributed by atoms with Crippen molar-refractivity contribution < 1.29 is 24.9 Å². The molecule has 20 heavy (non-hydrogen) atoms. The van der Waals surface area contributed by atoms with Gasteiger partial charge in [0.05, 0.1) is 12.9 Å². The standard InChI is InChI=1S/C10H12N4O6/c15-1-4-6(16)7(17)10(19-4)20-14-3-13-5-8(14)11-2-12-9(5)18/h2-4,6-7,10,15-17H,1H2,(H,11,12,18)/t4-,6-,7+,10?/m0/s1. The van der Waals surface area contributed by atoms with Crippen LogP contribution < -0.4 is 10.4 Å². The zero-order valence-corrected chi connectivity index (χ0v) is 10.1. The van der Waals surface area contributed by atoms with Crippen molar-refractivity contribution in [1.82, 2.24) is 19.7 Å². The van der Waals surface area contributed by atoms with E-state index in [1.165, 1.54) is 12.7 Å². The third-order valence-corrected chi connectivity index (χ3v) is 3.03. The van der Waals surface area contributed by atoms with E-state index < -0.39 is 36.8 Å². The molecule has 4 atom stereocenters. The van der Waals surface area contributed by atoms with Crippen LogP contribution in [0.25, 0.3) is 11.2 Å². The SMILES string of the molecule is O=c1[nH]cnc2c1ncn2OC1O[C@@H](CO)[C@H](O)[C@H]1O. The van der Waals surface area contributed by atoms with Gasteiger partial charge in [-0.05, 0) is 0 Å². The van der Waals surface area contributed by atoms with Crippen molar-refractivity contribution >= 4 is 11.2 Å². The van der Waals surface area contributed by atoms with Crippen LogP contribution in [0.2, 0.25) is 0 Å². The van der Waals surface area contributed by atoms with E-state index in [1.807, 2.05) is 0 Å². The zero-order valence-electron chi connectivity index (χ0n) is 10.1. The summed E-state index contributed by atoms with van der Waals surface area (Å²) in [5.41, 5.74) is -0.218. The molecule has 0 bridgehead atoms. The van der Waals surface area contributed by atoms with Crippen molar-refractivity contribution in [2.45, 2.75) is 24.6 Å². The number of hydrogen-bond acceptors (Lipinski definition) is 8. The minimum atomic E-state index is -1.34. The third-order valence-electron chi connectivity index (χ3n) is 3.03. The molecule has 3 heterocycles. The van der Waals surface area contributed by atoms with Crippen molar-refractivity contribution in [2.75, 3.05) is 6.61 Å². The van der Waals surface area contributed by atoms with E-state index in [0.29, 0.717) is 0 Å². The molecule has 10 nitrogen and oxygen atoms in total. The fourth-order valence-electron chi connectivity index (χ4n) is 1.97. The number of hydrogen-bond donors (Lipinski definition) is 4. The number of aromatic nitrogens is 4. The largest absolute Gasteiger partial charge is 0.394 e. The first-order valence-electron chi connectivity index (χ1n) is 5.82. The first kappa shape index (κ1) is 13.0. The van der Waals surface area contributed by atoms with Crippen LogP contribution in [0, 0.1) is 0 Å². The summed E-state index contributed by atoms with van der Waals surface area (Å²) in [6.07, 6.45) is -2.38. The first-order chi connectivity index (χ1) is 9.61. The van der Waals surface area contributed by atoms with Gasteiger partial charge in [-0.15, -0.1) is 4.73 Å². The van der Waals surface area contributed by atoms with Gasteiger partial charge in [-0.3, -0.25) is 4.79 Å². The molecule has 0 spiro atoms. The lowest BCUT2D eigenvalue weighted by Crippen LogP contribution is -2.38. The molecule has 108 valence electrons. The number of aliphatic hydroxyl groups is 3. The summed E-state index contributed by atoms with van der Waals surface area (Å²) in [5.74, 6) is 0. The van der Waals surface area contributed by atoms with Crippen LogP contribution in [0.5, 0.6) is 0 Å². The van der Waals surface area contributed by atoms with Crippen molar-refractivity contribution in [1.29, 1.82) is 0 Å². The van der Waals surface area contributed by atoms with E-state index in [4.69, 9.17) is 14.7 Å². The number of nitrogens with zero attached hydrogens (tertiary/aromatic N) is 3. The summed E-state index contributed by atoms with van der Waals surface area (Å²) >= 11 is 0. The van der Waals surface area contributed by atoms with Gasteiger partial charge >= 0.3 is 0 Å². The molecule has 2 aromatic heterocycles. The first-order valence-corrected chi connectivity index (χ1v) is 5.82. The Balaban J connectivity index is 1.87. The maximum atomic E-state index is 11.5. The predicted octanol–water partition coefficient (Wildman–Crippen LogP) is -3.01. The Hall–Kier alpha value is -2.01. The molecule has 1 unspecified atom stereocenters. The summed E-state index contributed by atoms with van der Waals surface area (Å²) in [6.45, 7) is -0.458. The number of rotatable bonds is 3. The Kier molecular flexibility index (Phi) is 3.14. The Bertz CT molecular complexity index is 669. The second kappa shape index (κ2) is 4.83. The Labute approximate surface area is 111 Å². The number of aromatic amines is 1. The molecule has 0 aromatic carbocycles. The molecular formula is C10H12N4O6. The number of H-pyrrole nitrogens is 1. The summed E-state index contributed by atoms with van der Waals surface area (Å²) in [6, 6.07) is 0. The molecule has 1 aliphatic heterocycles. The van der Waals surface area contributed by atoms with Crippen molar-refractivity contribution in [3.63, 3.8) is 0 Å². The van der Waals surface area contributed by atoms with E-state index in [-0.39, 0.29) is 11.2 Å². The normalized spacial score (nSPS) is 29.9. The molecule has 1 aliphatic rings. The number of imidazole rings is 1. The molecule has 4 N–H and O–H groups in total. The highest BCUT2D eigenvalue weighted by molar-refractivity contribution is 5.68. The molecule has 0 saturated carbocycles. The molecule has 0 amide bonds. The number of nitrogens with one attached hydrogen (secondary N) is 1. The second-order valence-corrected chi connectivity index (χ2v) is 4.29. The molecule has 1 saturated heterocycles. The quantitative estimate of drug-likeness (QED) is 0.466. The highest BCUT2D eigenvalue weighted by Gasteiger charge is 2.44. The summed E-state index contributed by atoms with van der Waals surface area (Å²) < 4.78 is 6.21. The number of aliphatic hydroxyl groups excluding tert-OH is 3. The smallest absolute Gasteiger partial charge is 0.279 e. The highest BCUT2D eigenvalue weighted by Crippen LogP contribution is 2.20. The number of fused-ring (bicyclic) bond motifs is 1. The predicted molar refractivity (Wildman–Crippen MR) is 62.5 cm³/mol. The topological polar surface area (TPSA) is 143 Å². The summed E-state index contributed by atoms with van der Waals surface area (Å²) in [7, 11) is 0. The lowest BCUT2D eigenvalue weighted by atomic mass is 10.1. The molecule has 0 aliphatic carbocycles. The fourth-order valence-corrected chi connectivity index (χ4v) is 1.97. The van der Waals surface area contributed by atoms with Crippen molar-refractivity contribution in [3.8, 4) is 0 Å². The van der Waals surface area contributed by atoms with Crippen molar-refractivity contribution in [3.05, 3.63) is 23.0 Å². The molecule has 3 rings (SSSR count). The minimum absolute atomic E-state index is 0.0687. The molecule has 0 radical (unpaired) electrons.